The Kier molecular flexibility index (Phi) is 2.62. The number of aryl methyl sites for hydroxylation is 1. The molecule has 0 aliphatic heterocycles. The predicted molar refractivity (Wildman–Crippen MR) is 58.9 cm³/mol. The van der Waals surface area contributed by atoms with Crippen LogP contribution in [0.25, 0.3) is 0 Å². The number of carboxylic acids is 1. The van der Waals surface area contributed by atoms with E-state index in [0.29, 0.717) is 0 Å². The van der Waals surface area contributed by atoms with Crippen molar-refractivity contribution in [2.75, 3.05) is 5.32 Å². The van der Waals surface area contributed by atoms with Gasteiger partial charge in [0.15, 0.2) is 0 Å². The third-order valence-corrected chi connectivity index (χ3v) is 2.96. The molecule has 0 radical (unpaired) electrons. The Morgan fingerprint density at radius 1 is 1.47 bits per heavy atom. The molecule has 1 aromatic carbocycles. The first-order valence-corrected chi connectivity index (χ1v) is 5.23. The van der Waals surface area contributed by atoms with E-state index in [4.69, 9.17) is 5.11 Å². The number of carbonyl (C=O) groups is 1. The van der Waals surface area contributed by atoms with Crippen molar-refractivity contribution < 1.29 is 9.90 Å². The molecule has 2 N–H and O–H groups in total. The fourth-order valence-corrected chi connectivity index (χ4v) is 1.92. The first-order valence-electron chi connectivity index (χ1n) is 5.23. The number of nitrogens with one attached hydrogen (secondary N) is 1. The molecule has 2 unspecified atom stereocenters. The maximum Gasteiger partial charge on any atom is 0.308 e. The summed E-state index contributed by atoms with van der Waals surface area (Å²) in [7, 11) is 0. The van der Waals surface area contributed by atoms with Crippen LogP contribution >= 0.6 is 0 Å². The molecule has 1 aliphatic carbocycles. The minimum Gasteiger partial charge on any atom is -0.481 e. The van der Waals surface area contributed by atoms with Gasteiger partial charge >= 0.3 is 5.97 Å². The topological polar surface area (TPSA) is 49.3 Å². The van der Waals surface area contributed by atoms with E-state index in [-0.39, 0.29) is 12.0 Å². The molecule has 0 heterocycles. The van der Waals surface area contributed by atoms with Crippen molar-refractivity contribution in [2.45, 2.75) is 25.8 Å². The quantitative estimate of drug-likeness (QED) is 0.795. The van der Waals surface area contributed by atoms with Crippen LogP contribution in [0.15, 0.2) is 24.3 Å². The van der Waals surface area contributed by atoms with Gasteiger partial charge in [-0.1, -0.05) is 12.1 Å². The van der Waals surface area contributed by atoms with Crippen LogP contribution in [-0.2, 0) is 4.79 Å². The number of benzene rings is 1. The molecular formula is C12H15NO2. The smallest absolute Gasteiger partial charge is 0.308 e. The number of aliphatic carboxylic acids is 1. The molecule has 0 saturated heterocycles. The summed E-state index contributed by atoms with van der Waals surface area (Å²) in [6.07, 6.45) is 1.74. The zero-order chi connectivity index (χ0) is 10.8. The van der Waals surface area contributed by atoms with Gasteiger partial charge in [0.25, 0.3) is 0 Å². The van der Waals surface area contributed by atoms with E-state index in [1.165, 1.54) is 5.56 Å². The predicted octanol–water partition coefficient (Wildman–Crippen LogP) is 2.27. The first kappa shape index (κ1) is 10.0. The van der Waals surface area contributed by atoms with Crippen molar-refractivity contribution in [3.63, 3.8) is 0 Å². The van der Waals surface area contributed by atoms with Gasteiger partial charge in [0, 0.05) is 11.7 Å². The molecule has 1 saturated carbocycles. The Balaban J connectivity index is 2.00. The molecular weight excluding hydrogens is 190 g/mol. The summed E-state index contributed by atoms with van der Waals surface area (Å²) in [5.74, 6) is -0.906. The lowest BCUT2D eigenvalue weighted by molar-refractivity contribution is -0.144. The molecule has 0 amide bonds. The second-order valence-electron chi connectivity index (χ2n) is 4.14. The number of hydrogen-bond donors (Lipinski definition) is 2. The van der Waals surface area contributed by atoms with Crippen molar-refractivity contribution in [1.29, 1.82) is 0 Å². The Bertz CT molecular complexity index is 376. The third-order valence-electron chi connectivity index (χ3n) is 2.96. The van der Waals surface area contributed by atoms with E-state index < -0.39 is 5.97 Å². The maximum absolute atomic E-state index is 10.8. The van der Waals surface area contributed by atoms with E-state index in [2.05, 4.69) is 5.32 Å². The Morgan fingerprint density at radius 2 is 2.27 bits per heavy atom. The second kappa shape index (κ2) is 3.93. The van der Waals surface area contributed by atoms with Crippen molar-refractivity contribution in [3.05, 3.63) is 29.8 Å². The van der Waals surface area contributed by atoms with Gasteiger partial charge in [-0.3, -0.25) is 4.79 Å². The van der Waals surface area contributed by atoms with E-state index in [9.17, 15) is 4.79 Å². The van der Waals surface area contributed by atoms with E-state index in [1.807, 2.05) is 31.2 Å². The van der Waals surface area contributed by atoms with Gasteiger partial charge in [-0.25, -0.2) is 0 Å². The monoisotopic (exact) mass is 205 g/mol. The molecule has 1 aromatic rings. The fourth-order valence-electron chi connectivity index (χ4n) is 1.92. The fraction of sp³-hybridized carbons (Fsp3) is 0.417. The Labute approximate surface area is 89.1 Å². The van der Waals surface area contributed by atoms with Crippen molar-refractivity contribution >= 4 is 11.7 Å². The molecule has 2 rings (SSSR count). The lowest BCUT2D eigenvalue weighted by Crippen LogP contribution is -2.42. The molecule has 80 valence electrons. The van der Waals surface area contributed by atoms with E-state index >= 15 is 0 Å². The third kappa shape index (κ3) is 2.12. The Hall–Kier alpha value is -1.51. The summed E-state index contributed by atoms with van der Waals surface area (Å²) in [5, 5.41) is 12.2. The minimum absolute atomic E-state index is 0.101. The number of carboxylic acid groups (broad SMARTS) is 1. The molecule has 0 bridgehead atoms. The molecule has 1 aliphatic rings. The summed E-state index contributed by atoms with van der Waals surface area (Å²) < 4.78 is 0. The summed E-state index contributed by atoms with van der Waals surface area (Å²) in [6.45, 7) is 2.03. The van der Waals surface area contributed by atoms with Gasteiger partial charge in [-0.2, -0.15) is 0 Å². The highest BCUT2D eigenvalue weighted by Crippen LogP contribution is 2.30. The van der Waals surface area contributed by atoms with Crippen molar-refractivity contribution in [2.24, 2.45) is 5.92 Å². The Morgan fingerprint density at radius 3 is 2.80 bits per heavy atom. The van der Waals surface area contributed by atoms with Gasteiger partial charge in [0.1, 0.15) is 0 Å². The molecule has 15 heavy (non-hydrogen) atoms. The average molecular weight is 205 g/mol. The van der Waals surface area contributed by atoms with Gasteiger partial charge < -0.3 is 10.4 Å². The van der Waals surface area contributed by atoms with Crippen LogP contribution in [0.2, 0.25) is 0 Å². The summed E-state index contributed by atoms with van der Waals surface area (Å²) in [6, 6.07) is 8.12. The van der Waals surface area contributed by atoms with Crippen LogP contribution in [0.1, 0.15) is 18.4 Å². The largest absolute Gasteiger partial charge is 0.481 e. The molecule has 3 nitrogen and oxygen atoms in total. The van der Waals surface area contributed by atoms with Crippen LogP contribution < -0.4 is 5.32 Å². The van der Waals surface area contributed by atoms with Crippen LogP contribution in [-0.4, -0.2) is 17.1 Å². The minimum atomic E-state index is -0.689. The maximum atomic E-state index is 10.8. The molecule has 2 atom stereocenters. The lowest BCUT2D eigenvalue weighted by Gasteiger charge is -2.34. The van der Waals surface area contributed by atoms with Crippen LogP contribution in [0.5, 0.6) is 0 Å². The van der Waals surface area contributed by atoms with Crippen molar-refractivity contribution in [1.82, 2.24) is 0 Å². The average Bonchev–Trinajstić information content (AvgIpc) is 2.11. The van der Waals surface area contributed by atoms with Gasteiger partial charge in [0.05, 0.1) is 5.92 Å². The van der Waals surface area contributed by atoms with Crippen LogP contribution in [0.3, 0.4) is 0 Å². The summed E-state index contributed by atoms with van der Waals surface area (Å²) in [5.41, 5.74) is 2.21. The number of hydrogen-bond acceptors (Lipinski definition) is 2. The van der Waals surface area contributed by atoms with Gasteiger partial charge in [-0.15, -0.1) is 0 Å². The summed E-state index contributed by atoms with van der Waals surface area (Å²) in [4.78, 5) is 10.8. The van der Waals surface area contributed by atoms with E-state index in [1.54, 1.807) is 0 Å². The van der Waals surface area contributed by atoms with Crippen LogP contribution in [0, 0.1) is 12.8 Å². The summed E-state index contributed by atoms with van der Waals surface area (Å²) >= 11 is 0. The van der Waals surface area contributed by atoms with Crippen molar-refractivity contribution in [3.8, 4) is 0 Å². The SMILES string of the molecule is Cc1cccc(NC2CCC2C(=O)O)c1. The normalized spacial score (nSPS) is 24.3. The zero-order valence-electron chi connectivity index (χ0n) is 8.73. The van der Waals surface area contributed by atoms with Crippen LogP contribution in [0.4, 0.5) is 5.69 Å². The second-order valence-corrected chi connectivity index (χ2v) is 4.14. The highest BCUT2D eigenvalue weighted by Gasteiger charge is 2.36. The zero-order valence-corrected chi connectivity index (χ0v) is 8.73. The number of rotatable bonds is 3. The highest BCUT2D eigenvalue weighted by atomic mass is 16.4. The van der Waals surface area contributed by atoms with Gasteiger partial charge in [-0.05, 0) is 37.5 Å². The molecule has 3 heteroatoms. The van der Waals surface area contributed by atoms with E-state index in [0.717, 1.165) is 18.5 Å². The molecule has 0 aromatic heterocycles. The number of anilines is 1. The van der Waals surface area contributed by atoms with Gasteiger partial charge in [0.2, 0.25) is 0 Å². The highest BCUT2D eigenvalue weighted by molar-refractivity contribution is 5.73. The molecule has 1 fully saturated rings. The molecule has 0 spiro atoms. The lowest BCUT2D eigenvalue weighted by atomic mass is 9.79. The standard InChI is InChI=1S/C12H15NO2/c1-8-3-2-4-9(7-8)13-11-6-5-10(11)12(14)15/h2-4,7,10-11,13H,5-6H2,1H3,(H,14,15). The first-order chi connectivity index (χ1) is 7.16.